The Balaban J connectivity index is 1.51. The summed E-state index contributed by atoms with van der Waals surface area (Å²) in [4.78, 5) is 0. The molecule has 25 heavy (non-hydrogen) atoms. The molecule has 1 aliphatic rings. The van der Waals surface area contributed by atoms with Crippen molar-refractivity contribution in [2.45, 2.75) is 38.1 Å². The fourth-order valence-electron chi connectivity index (χ4n) is 3.92. The Bertz CT molecular complexity index is 799. The van der Waals surface area contributed by atoms with Crippen LogP contribution in [-0.2, 0) is 6.54 Å². The SMILES string of the molecule is c1ccc(CNc2ccc(-c3ccccc3C3CCCC3)cc2)cc1. The Morgan fingerprint density at radius 3 is 2.16 bits per heavy atom. The molecular weight excluding hydrogens is 302 g/mol. The van der Waals surface area contributed by atoms with E-state index in [1.807, 2.05) is 0 Å². The van der Waals surface area contributed by atoms with Crippen LogP contribution < -0.4 is 5.32 Å². The second kappa shape index (κ2) is 7.57. The van der Waals surface area contributed by atoms with E-state index in [1.54, 1.807) is 0 Å². The maximum absolute atomic E-state index is 3.51. The Morgan fingerprint density at radius 1 is 0.720 bits per heavy atom. The van der Waals surface area contributed by atoms with Crippen LogP contribution in [0, 0.1) is 0 Å². The number of rotatable bonds is 5. The molecule has 1 saturated carbocycles. The van der Waals surface area contributed by atoms with Crippen molar-refractivity contribution in [3.05, 3.63) is 90.0 Å². The Hall–Kier alpha value is -2.54. The minimum atomic E-state index is 0.743. The lowest BCUT2D eigenvalue weighted by atomic mass is 9.89. The number of benzene rings is 3. The van der Waals surface area contributed by atoms with Crippen LogP contribution in [0.2, 0.25) is 0 Å². The molecule has 1 heteroatoms. The third-order valence-electron chi connectivity index (χ3n) is 5.29. The molecule has 1 aliphatic carbocycles. The van der Waals surface area contributed by atoms with E-state index in [4.69, 9.17) is 0 Å². The highest BCUT2D eigenvalue weighted by atomic mass is 14.9. The molecule has 0 atom stereocenters. The van der Waals surface area contributed by atoms with Crippen LogP contribution in [0.3, 0.4) is 0 Å². The van der Waals surface area contributed by atoms with Crippen LogP contribution in [0.5, 0.6) is 0 Å². The predicted octanol–water partition coefficient (Wildman–Crippen LogP) is 6.62. The van der Waals surface area contributed by atoms with Gasteiger partial charge in [-0.2, -0.15) is 0 Å². The number of hydrogen-bond donors (Lipinski definition) is 1. The summed E-state index contributed by atoms with van der Waals surface area (Å²) >= 11 is 0. The number of nitrogens with one attached hydrogen (secondary N) is 1. The molecule has 0 spiro atoms. The van der Waals surface area contributed by atoms with Crippen molar-refractivity contribution < 1.29 is 0 Å². The minimum absolute atomic E-state index is 0.743. The second-order valence-electron chi connectivity index (χ2n) is 6.99. The van der Waals surface area contributed by atoms with Crippen molar-refractivity contribution >= 4 is 5.69 Å². The number of anilines is 1. The lowest BCUT2D eigenvalue weighted by Gasteiger charge is -2.16. The first kappa shape index (κ1) is 16.0. The fraction of sp³-hybridized carbons (Fsp3) is 0.250. The molecule has 1 fully saturated rings. The van der Waals surface area contributed by atoms with Gasteiger partial charge in [-0.3, -0.25) is 0 Å². The van der Waals surface area contributed by atoms with Gasteiger partial charge >= 0.3 is 0 Å². The molecule has 0 aliphatic heterocycles. The van der Waals surface area contributed by atoms with Gasteiger partial charge in [0.05, 0.1) is 0 Å². The van der Waals surface area contributed by atoms with Gasteiger partial charge in [0.15, 0.2) is 0 Å². The van der Waals surface area contributed by atoms with Crippen LogP contribution in [-0.4, -0.2) is 0 Å². The summed E-state index contributed by atoms with van der Waals surface area (Å²) in [6.45, 7) is 0.860. The molecule has 4 rings (SSSR count). The molecule has 126 valence electrons. The Kier molecular flexibility index (Phi) is 4.83. The molecule has 0 heterocycles. The average Bonchev–Trinajstić information content (AvgIpc) is 3.22. The molecule has 1 nitrogen and oxygen atoms in total. The summed E-state index contributed by atoms with van der Waals surface area (Å²) in [5.41, 5.74) is 6.74. The molecule has 0 amide bonds. The molecule has 3 aromatic rings. The van der Waals surface area contributed by atoms with Crippen molar-refractivity contribution in [2.75, 3.05) is 5.32 Å². The van der Waals surface area contributed by atoms with Gasteiger partial charge in [-0.15, -0.1) is 0 Å². The van der Waals surface area contributed by atoms with E-state index in [0.29, 0.717) is 0 Å². The van der Waals surface area contributed by atoms with Crippen molar-refractivity contribution in [3.63, 3.8) is 0 Å². The lowest BCUT2D eigenvalue weighted by Crippen LogP contribution is -1.99. The van der Waals surface area contributed by atoms with E-state index < -0.39 is 0 Å². The van der Waals surface area contributed by atoms with Crippen molar-refractivity contribution in [1.29, 1.82) is 0 Å². The maximum atomic E-state index is 3.51. The summed E-state index contributed by atoms with van der Waals surface area (Å²) in [6, 6.07) is 28.4. The third kappa shape index (κ3) is 3.76. The van der Waals surface area contributed by atoms with E-state index in [0.717, 1.165) is 12.5 Å². The molecule has 0 bridgehead atoms. The Morgan fingerprint density at radius 2 is 1.40 bits per heavy atom. The monoisotopic (exact) mass is 327 g/mol. The molecule has 1 N–H and O–H groups in total. The van der Waals surface area contributed by atoms with E-state index in [2.05, 4.69) is 84.2 Å². The molecule has 0 unspecified atom stereocenters. The quantitative estimate of drug-likeness (QED) is 0.555. The first-order valence-corrected chi connectivity index (χ1v) is 9.37. The fourth-order valence-corrected chi connectivity index (χ4v) is 3.92. The van der Waals surface area contributed by atoms with Crippen molar-refractivity contribution in [2.24, 2.45) is 0 Å². The summed E-state index contributed by atoms with van der Waals surface area (Å²) < 4.78 is 0. The maximum Gasteiger partial charge on any atom is 0.0400 e. The van der Waals surface area contributed by atoms with Crippen LogP contribution in [0.15, 0.2) is 78.9 Å². The van der Waals surface area contributed by atoms with Crippen LogP contribution in [0.1, 0.15) is 42.7 Å². The summed E-state index contributed by atoms with van der Waals surface area (Å²) in [6.07, 6.45) is 5.43. The van der Waals surface area contributed by atoms with Gasteiger partial charge in [-0.1, -0.05) is 79.6 Å². The summed E-state index contributed by atoms with van der Waals surface area (Å²) in [5, 5.41) is 3.51. The van der Waals surface area contributed by atoms with Gasteiger partial charge in [-0.05, 0) is 53.1 Å². The van der Waals surface area contributed by atoms with Gasteiger partial charge in [0.25, 0.3) is 0 Å². The molecule has 0 radical (unpaired) electrons. The summed E-state index contributed by atoms with van der Waals surface area (Å²) in [7, 11) is 0. The van der Waals surface area contributed by atoms with E-state index >= 15 is 0 Å². The predicted molar refractivity (Wildman–Crippen MR) is 107 cm³/mol. The average molecular weight is 327 g/mol. The molecular formula is C24H25N. The van der Waals surface area contributed by atoms with Gasteiger partial charge in [0.2, 0.25) is 0 Å². The zero-order chi connectivity index (χ0) is 16.9. The molecule has 3 aromatic carbocycles. The summed E-state index contributed by atoms with van der Waals surface area (Å²) in [5.74, 6) is 0.743. The van der Waals surface area contributed by atoms with Gasteiger partial charge in [-0.25, -0.2) is 0 Å². The standard InChI is InChI=1S/C24H25N/c1-2-8-19(9-3-1)18-25-22-16-14-21(15-17-22)24-13-7-6-12-23(24)20-10-4-5-11-20/h1-3,6-9,12-17,20,25H,4-5,10-11,18H2. The topological polar surface area (TPSA) is 12.0 Å². The van der Waals surface area contributed by atoms with Gasteiger partial charge in [0.1, 0.15) is 0 Å². The highest BCUT2D eigenvalue weighted by molar-refractivity contribution is 5.70. The van der Waals surface area contributed by atoms with E-state index in [1.165, 1.54) is 53.6 Å². The van der Waals surface area contributed by atoms with Crippen molar-refractivity contribution in [1.82, 2.24) is 0 Å². The first-order chi connectivity index (χ1) is 12.4. The van der Waals surface area contributed by atoms with Crippen LogP contribution in [0.25, 0.3) is 11.1 Å². The molecule has 0 aromatic heterocycles. The smallest absolute Gasteiger partial charge is 0.0400 e. The van der Waals surface area contributed by atoms with E-state index in [9.17, 15) is 0 Å². The van der Waals surface area contributed by atoms with Gasteiger partial charge in [0, 0.05) is 12.2 Å². The Labute approximate surface area is 150 Å². The van der Waals surface area contributed by atoms with E-state index in [-0.39, 0.29) is 0 Å². The lowest BCUT2D eigenvalue weighted by molar-refractivity contribution is 0.725. The molecule has 0 saturated heterocycles. The second-order valence-corrected chi connectivity index (χ2v) is 6.99. The van der Waals surface area contributed by atoms with Crippen LogP contribution in [0.4, 0.5) is 5.69 Å². The number of hydrogen-bond acceptors (Lipinski definition) is 1. The van der Waals surface area contributed by atoms with Crippen LogP contribution >= 0.6 is 0 Å². The largest absolute Gasteiger partial charge is 0.381 e. The van der Waals surface area contributed by atoms with Gasteiger partial charge < -0.3 is 5.32 Å². The third-order valence-corrected chi connectivity index (χ3v) is 5.29. The van der Waals surface area contributed by atoms with Crippen molar-refractivity contribution in [3.8, 4) is 11.1 Å². The zero-order valence-corrected chi connectivity index (χ0v) is 14.6. The zero-order valence-electron chi connectivity index (χ0n) is 14.6. The highest BCUT2D eigenvalue weighted by Gasteiger charge is 2.19. The normalized spacial score (nSPS) is 14.6. The first-order valence-electron chi connectivity index (χ1n) is 9.37. The minimum Gasteiger partial charge on any atom is -0.381 e. The highest BCUT2D eigenvalue weighted by Crippen LogP contribution is 2.39.